The number of nitro benzene ring substituents is 1. The summed E-state index contributed by atoms with van der Waals surface area (Å²) in [6.07, 6.45) is -2.22. The maximum Gasteiger partial charge on any atom is 0.573 e. The van der Waals surface area contributed by atoms with Gasteiger partial charge < -0.3 is 9.84 Å². The molecule has 2 heterocycles. The molecule has 1 aliphatic rings. The molecule has 0 saturated carbocycles. The number of alkyl halides is 3. The largest absolute Gasteiger partial charge is 0.573 e. The smallest absolute Gasteiger partial charge is 0.507 e. The van der Waals surface area contributed by atoms with Crippen molar-refractivity contribution in [2.24, 2.45) is 0 Å². The Kier molecular flexibility index (Phi) is 5.95. The highest BCUT2D eigenvalue weighted by molar-refractivity contribution is 6.51. The number of aromatic nitrogens is 1. The van der Waals surface area contributed by atoms with Crippen molar-refractivity contribution in [1.29, 1.82) is 0 Å². The number of non-ortho nitro benzene ring substituents is 1. The number of amides is 1. The van der Waals surface area contributed by atoms with Gasteiger partial charge in [0, 0.05) is 41.8 Å². The summed E-state index contributed by atoms with van der Waals surface area (Å²) < 4.78 is 42.1. The van der Waals surface area contributed by atoms with Gasteiger partial charge in [-0.2, -0.15) is 0 Å². The SMILES string of the molecule is O=C1C(=O)N(c2cccc(OC(F)(F)F)c2)C(c2ccncc2)/C1=C(\O)c1ccc([N+](=O)[O-])cc1. The van der Waals surface area contributed by atoms with Gasteiger partial charge in [0.2, 0.25) is 0 Å². The second-order valence-corrected chi connectivity index (χ2v) is 7.30. The zero-order chi connectivity index (χ0) is 25.3. The Balaban J connectivity index is 1.87. The van der Waals surface area contributed by atoms with E-state index in [2.05, 4.69) is 9.72 Å². The summed E-state index contributed by atoms with van der Waals surface area (Å²) >= 11 is 0. The van der Waals surface area contributed by atoms with E-state index in [9.17, 15) is 38.0 Å². The maximum absolute atomic E-state index is 13.0. The molecule has 35 heavy (non-hydrogen) atoms. The molecule has 1 aliphatic heterocycles. The Morgan fingerprint density at radius 1 is 1.06 bits per heavy atom. The minimum atomic E-state index is -4.98. The molecule has 1 aromatic heterocycles. The van der Waals surface area contributed by atoms with E-state index in [1.807, 2.05) is 0 Å². The van der Waals surface area contributed by atoms with Crippen LogP contribution in [0.15, 0.2) is 78.6 Å². The third-order valence-electron chi connectivity index (χ3n) is 5.15. The van der Waals surface area contributed by atoms with Crippen LogP contribution in [0.25, 0.3) is 5.76 Å². The molecule has 1 atom stereocenters. The number of pyridine rings is 1. The number of nitrogens with zero attached hydrogens (tertiary/aromatic N) is 3. The number of benzene rings is 2. The number of ether oxygens (including phenoxy) is 1. The van der Waals surface area contributed by atoms with E-state index >= 15 is 0 Å². The van der Waals surface area contributed by atoms with Crippen molar-refractivity contribution in [3.63, 3.8) is 0 Å². The zero-order valence-corrected chi connectivity index (χ0v) is 17.5. The van der Waals surface area contributed by atoms with Gasteiger partial charge in [-0.15, -0.1) is 13.2 Å². The lowest BCUT2D eigenvalue weighted by Gasteiger charge is -2.25. The Morgan fingerprint density at radius 3 is 2.31 bits per heavy atom. The Morgan fingerprint density at radius 2 is 1.71 bits per heavy atom. The molecule has 1 amide bonds. The number of carbonyl (C=O) groups excluding carboxylic acids is 2. The van der Waals surface area contributed by atoms with Crippen LogP contribution in [0.1, 0.15) is 17.2 Å². The zero-order valence-electron chi connectivity index (χ0n) is 17.5. The van der Waals surface area contributed by atoms with Crippen molar-refractivity contribution in [3.05, 3.63) is 99.9 Å². The predicted molar refractivity (Wildman–Crippen MR) is 115 cm³/mol. The van der Waals surface area contributed by atoms with Crippen LogP contribution < -0.4 is 9.64 Å². The molecular weight excluding hydrogens is 471 g/mol. The van der Waals surface area contributed by atoms with Gasteiger partial charge in [0.1, 0.15) is 11.5 Å². The van der Waals surface area contributed by atoms with Crippen LogP contribution in [-0.4, -0.2) is 33.1 Å². The molecule has 12 heteroatoms. The quantitative estimate of drug-likeness (QED) is 0.185. The maximum atomic E-state index is 13.0. The second kappa shape index (κ2) is 8.89. The van der Waals surface area contributed by atoms with Crippen LogP contribution >= 0.6 is 0 Å². The molecule has 1 saturated heterocycles. The number of Topliss-reactive ketones (excluding diaryl/α,β-unsaturated/α-hetero) is 1. The standard InChI is InChI=1S/C23H14F3N3O6/c24-23(25,26)35-17-3-1-2-16(12-17)28-19(13-8-10-27-11-9-13)18(21(31)22(28)32)20(30)14-4-6-15(7-5-14)29(33)34/h1-12,19,30H/b20-18+. The number of aliphatic hydroxyl groups excluding tert-OH is 1. The van der Waals surface area contributed by atoms with Crippen molar-refractivity contribution >= 4 is 28.8 Å². The van der Waals surface area contributed by atoms with Gasteiger partial charge in [0.25, 0.3) is 17.4 Å². The van der Waals surface area contributed by atoms with Crippen molar-refractivity contribution in [3.8, 4) is 5.75 Å². The molecule has 0 radical (unpaired) electrons. The van der Waals surface area contributed by atoms with Crippen molar-refractivity contribution in [2.45, 2.75) is 12.4 Å². The minimum absolute atomic E-state index is 0.0295. The highest BCUT2D eigenvalue weighted by Gasteiger charge is 2.47. The molecule has 1 N–H and O–H groups in total. The van der Waals surface area contributed by atoms with Gasteiger partial charge in [0.15, 0.2) is 0 Å². The fraction of sp³-hybridized carbons (Fsp3) is 0.0870. The average molecular weight is 485 g/mol. The summed E-state index contributed by atoms with van der Waals surface area (Å²) in [5.41, 5.74) is -0.323. The predicted octanol–water partition coefficient (Wildman–Crippen LogP) is 4.51. The van der Waals surface area contributed by atoms with Crippen LogP contribution in [-0.2, 0) is 9.59 Å². The average Bonchev–Trinajstić information content (AvgIpc) is 3.09. The third-order valence-corrected chi connectivity index (χ3v) is 5.15. The lowest BCUT2D eigenvalue weighted by Crippen LogP contribution is -2.29. The van der Waals surface area contributed by atoms with Crippen LogP contribution in [0.2, 0.25) is 0 Å². The van der Waals surface area contributed by atoms with Gasteiger partial charge in [-0.05, 0) is 42.0 Å². The van der Waals surface area contributed by atoms with Crippen molar-refractivity contribution < 1.29 is 37.5 Å². The number of rotatable bonds is 5. The summed E-state index contributed by atoms with van der Waals surface area (Å²) in [6.45, 7) is 0. The number of anilines is 1. The highest BCUT2D eigenvalue weighted by atomic mass is 19.4. The number of hydrogen-bond acceptors (Lipinski definition) is 7. The molecule has 1 unspecified atom stereocenters. The number of hydrogen-bond donors (Lipinski definition) is 1. The minimum Gasteiger partial charge on any atom is -0.507 e. The summed E-state index contributed by atoms with van der Waals surface area (Å²) in [7, 11) is 0. The molecule has 2 aromatic carbocycles. The first-order chi connectivity index (χ1) is 16.6. The second-order valence-electron chi connectivity index (χ2n) is 7.30. The van der Waals surface area contributed by atoms with E-state index in [1.165, 1.54) is 48.8 Å². The third kappa shape index (κ3) is 4.67. The number of nitro groups is 1. The van der Waals surface area contributed by atoms with E-state index in [4.69, 9.17) is 0 Å². The molecule has 9 nitrogen and oxygen atoms in total. The Hall–Kier alpha value is -4.74. The molecule has 0 aliphatic carbocycles. The Labute approximate surface area is 194 Å². The van der Waals surface area contributed by atoms with E-state index in [-0.39, 0.29) is 22.5 Å². The van der Waals surface area contributed by atoms with Gasteiger partial charge in [0.05, 0.1) is 16.5 Å². The van der Waals surface area contributed by atoms with Gasteiger partial charge in [-0.25, -0.2) is 0 Å². The molecule has 1 fully saturated rings. The summed E-state index contributed by atoms with van der Waals surface area (Å²) in [5.74, 6) is -3.41. The van der Waals surface area contributed by atoms with Crippen LogP contribution in [0.5, 0.6) is 5.75 Å². The fourth-order valence-corrected chi connectivity index (χ4v) is 3.69. The first-order valence-electron chi connectivity index (χ1n) is 9.88. The molecule has 3 aromatic rings. The van der Waals surface area contributed by atoms with Gasteiger partial charge in [-0.1, -0.05) is 6.07 Å². The van der Waals surface area contributed by atoms with E-state index in [0.29, 0.717) is 5.56 Å². The van der Waals surface area contributed by atoms with Crippen molar-refractivity contribution in [1.82, 2.24) is 4.98 Å². The number of carbonyl (C=O) groups is 2. The summed E-state index contributed by atoms with van der Waals surface area (Å²) in [6, 6.07) is 10.9. The molecular formula is C23H14F3N3O6. The summed E-state index contributed by atoms with van der Waals surface area (Å²) in [5, 5.41) is 21.9. The van der Waals surface area contributed by atoms with Crippen LogP contribution in [0.3, 0.4) is 0 Å². The van der Waals surface area contributed by atoms with Crippen molar-refractivity contribution in [2.75, 3.05) is 4.90 Å². The van der Waals surface area contributed by atoms with Gasteiger partial charge >= 0.3 is 6.36 Å². The number of aliphatic hydroxyl groups is 1. The normalized spacial score (nSPS) is 17.5. The monoisotopic (exact) mass is 485 g/mol. The van der Waals surface area contributed by atoms with Crippen LogP contribution in [0, 0.1) is 10.1 Å². The fourth-order valence-electron chi connectivity index (χ4n) is 3.69. The molecule has 0 bridgehead atoms. The molecule has 4 rings (SSSR count). The van der Waals surface area contributed by atoms with E-state index in [0.717, 1.165) is 29.2 Å². The first kappa shape index (κ1) is 23.4. The van der Waals surface area contributed by atoms with E-state index < -0.39 is 40.5 Å². The van der Waals surface area contributed by atoms with Gasteiger partial charge in [-0.3, -0.25) is 29.6 Å². The van der Waals surface area contributed by atoms with Crippen LogP contribution in [0.4, 0.5) is 24.5 Å². The molecule has 0 spiro atoms. The van der Waals surface area contributed by atoms with E-state index in [1.54, 1.807) is 0 Å². The molecule has 178 valence electrons. The Bertz CT molecular complexity index is 1340. The lowest BCUT2D eigenvalue weighted by molar-refractivity contribution is -0.384. The summed E-state index contributed by atoms with van der Waals surface area (Å²) in [4.78, 5) is 41.2. The lowest BCUT2D eigenvalue weighted by atomic mass is 9.95. The highest BCUT2D eigenvalue weighted by Crippen LogP contribution is 2.43. The number of halogens is 3. The number of ketones is 1. The topological polar surface area (TPSA) is 123 Å². The first-order valence-corrected chi connectivity index (χ1v) is 9.88.